The molecule has 0 saturated carbocycles. The van der Waals surface area contributed by atoms with Crippen molar-refractivity contribution in [3.63, 3.8) is 0 Å². The maximum atomic E-state index is 11.8. The molecule has 1 rings (SSSR count). The molecule has 0 amide bonds. The Hall–Kier alpha value is -1.75. The van der Waals surface area contributed by atoms with Crippen molar-refractivity contribution in [3.05, 3.63) is 24.3 Å². The summed E-state index contributed by atoms with van der Waals surface area (Å²) < 4.78 is 15.4. The molecule has 1 aromatic carbocycles. The van der Waals surface area contributed by atoms with Gasteiger partial charge in [-0.15, -0.1) is 11.6 Å². The first-order chi connectivity index (χ1) is 12.2. The second kappa shape index (κ2) is 13.5. The van der Waals surface area contributed by atoms with Crippen LogP contribution in [0.2, 0.25) is 0 Å². The molecule has 0 fully saturated rings. The van der Waals surface area contributed by atoms with Crippen molar-refractivity contribution in [2.24, 2.45) is 0 Å². The Morgan fingerprint density at radius 3 is 2.16 bits per heavy atom. The number of alkyl halides is 1. The molecule has 0 aliphatic rings. The molecule has 0 heterocycles. The number of ether oxygens (including phenoxy) is 3. The zero-order chi connectivity index (χ0) is 18.3. The summed E-state index contributed by atoms with van der Waals surface area (Å²) in [5.41, 5.74) is 0. The molecule has 0 atom stereocenters. The molecule has 25 heavy (non-hydrogen) atoms. The van der Waals surface area contributed by atoms with Crippen molar-refractivity contribution in [2.75, 3.05) is 19.6 Å². The Morgan fingerprint density at radius 2 is 1.48 bits per heavy atom. The highest BCUT2D eigenvalue weighted by Gasteiger charge is 2.12. The van der Waals surface area contributed by atoms with Gasteiger partial charge in [0.2, 0.25) is 0 Å². The van der Waals surface area contributed by atoms with Crippen molar-refractivity contribution in [1.82, 2.24) is 0 Å². The highest BCUT2D eigenvalue weighted by molar-refractivity contribution is 6.17. The van der Waals surface area contributed by atoms with E-state index in [-0.39, 0.29) is 18.8 Å². The molecule has 5 nitrogen and oxygen atoms in total. The van der Waals surface area contributed by atoms with Crippen molar-refractivity contribution in [2.45, 2.75) is 51.4 Å². The van der Waals surface area contributed by atoms with Gasteiger partial charge >= 0.3 is 11.9 Å². The van der Waals surface area contributed by atoms with E-state index < -0.39 is 5.97 Å². The molecule has 0 radical (unpaired) electrons. The fraction of sp³-hybridized carbons (Fsp3) is 0.579. The molecule has 140 valence electrons. The molecule has 0 aliphatic carbocycles. The number of methoxy groups -OCH3 is 1. The zero-order valence-corrected chi connectivity index (χ0v) is 15.6. The van der Waals surface area contributed by atoms with Crippen LogP contribution < -0.4 is 9.47 Å². The van der Waals surface area contributed by atoms with Crippen LogP contribution in [0.4, 0.5) is 0 Å². The quantitative estimate of drug-likeness (QED) is 0.221. The number of benzene rings is 1. The topological polar surface area (TPSA) is 61.8 Å². The fourth-order valence-electron chi connectivity index (χ4n) is 2.24. The van der Waals surface area contributed by atoms with E-state index in [2.05, 4.69) is 0 Å². The molecule has 0 unspecified atom stereocenters. The van der Waals surface area contributed by atoms with Crippen LogP contribution in [0, 0.1) is 0 Å². The molecule has 0 bridgehead atoms. The van der Waals surface area contributed by atoms with Gasteiger partial charge in [-0.2, -0.15) is 0 Å². The standard InChI is InChI=1S/C19H27ClO5/c1-23-16-10-6-7-11-17(16)25-19(22)13-12-18(21)24-15-9-5-3-2-4-8-14-20/h6-7,10-11H,2-5,8-9,12-15H2,1H3. The minimum absolute atomic E-state index is 0.0176. The number of para-hydroxylation sites is 2. The van der Waals surface area contributed by atoms with Crippen molar-refractivity contribution < 1.29 is 23.8 Å². The highest BCUT2D eigenvalue weighted by Crippen LogP contribution is 2.26. The van der Waals surface area contributed by atoms with E-state index in [1.807, 2.05) is 0 Å². The van der Waals surface area contributed by atoms with Gasteiger partial charge in [0, 0.05) is 5.88 Å². The number of esters is 2. The van der Waals surface area contributed by atoms with E-state index in [9.17, 15) is 9.59 Å². The summed E-state index contributed by atoms with van der Waals surface area (Å²) in [5.74, 6) is 0.679. The lowest BCUT2D eigenvalue weighted by atomic mass is 10.1. The van der Waals surface area contributed by atoms with Gasteiger partial charge in [0.25, 0.3) is 0 Å². The zero-order valence-electron chi connectivity index (χ0n) is 14.8. The van der Waals surface area contributed by atoms with Crippen LogP contribution in [0.25, 0.3) is 0 Å². The summed E-state index contributed by atoms with van der Waals surface area (Å²) in [6.45, 7) is 0.399. The third-order valence-electron chi connectivity index (χ3n) is 3.62. The Morgan fingerprint density at radius 1 is 0.880 bits per heavy atom. The normalized spacial score (nSPS) is 10.3. The summed E-state index contributed by atoms with van der Waals surface area (Å²) in [4.78, 5) is 23.4. The molecule has 1 aromatic rings. The molecule has 0 N–H and O–H groups in total. The molecule has 6 heteroatoms. The van der Waals surface area contributed by atoms with Crippen molar-refractivity contribution in [1.29, 1.82) is 0 Å². The molecular formula is C19H27ClO5. The number of carbonyl (C=O) groups is 2. The molecular weight excluding hydrogens is 344 g/mol. The van der Waals surface area contributed by atoms with Crippen LogP contribution in [-0.4, -0.2) is 31.5 Å². The van der Waals surface area contributed by atoms with Gasteiger partial charge in [0.05, 0.1) is 26.6 Å². The van der Waals surface area contributed by atoms with E-state index >= 15 is 0 Å². The van der Waals surface area contributed by atoms with Gasteiger partial charge in [-0.05, 0) is 25.0 Å². The first kappa shape index (κ1) is 21.3. The fourth-order valence-corrected chi connectivity index (χ4v) is 2.43. The first-order valence-electron chi connectivity index (χ1n) is 8.72. The average molecular weight is 371 g/mol. The van der Waals surface area contributed by atoms with E-state index in [0.717, 1.165) is 44.4 Å². The third kappa shape index (κ3) is 9.97. The van der Waals surface area contributed by atoms with Crippen LogP contribution in [0.1, 0.15) is 51.4 Å². The van der Waals surface area contributed by atoms with Crippen LogP contribution in [0.3, 0.4) is 0 Å². The van der Waals surface area contributed by atoms with Gasteiger partial charge in [-0.25, -0.2) is 0 Å². The molecule has 0 aromatic heterocycles. The predicted molar refractivity (Wildman–Crippen MR) is 97.2 cm³/mol. The molecule has 0 aliphatic heterocycles. The number of rotatable bonds is 13. The highest BCUT2D eigenvalue weighted by atomic mass is 35.5. The number of unbranched alkanes of at least 4 members (excludes halogenated alkanes) is 5. The van der Waals surface area contributed by atoms with Gasteiger partial charge in [-0.1, -0.05) is 37.8 Å². The Kier molecular flexibility index (Phi) is 11.5. The Balaban J connectivity index is 2.10. The Labute approximate surface area is 154 Å². The summed E-state index contributed by atoms with van der Waals surface area (Å²) in [5, 5.41) is 0. The SMILES string of the molecule is COc1ccccc1OC(=O)CCC(=O)OCCCCCCCCCl. The first-order valence-corrected chi connectivity index (χ1v) is 9.26. The summed E-state index contributed by atoms with van der Waals surface area (Å²) in [7, 11) is 1.50. The monoisotopic (exact) mass is 370 g/mol. The lowest BCUT2D eigenvalue weighted by Gasteiger charge is -2.08. The van der Waals surface area contributed by atoms with E-state index in [1.165, 1.54) is 7.11 Å². The molecule has 0 spiro atoms. The maximum absolute atomic E-state index is 11.8. The summed E-state index contributed by atoms with van der Waals surface area (Å²) in [6, 6.07) is 6.87. The van der Waals surface area contributed by atoms with Gasteiger partial charge in [-0.3, -0.25) is 9.59 Å². The minimum atomic E-state index is -0.485. The smallest absolute Gasteiger partial charge is 0.311 e. The molecule has 0 saturated heterocycles. The van der Waals surface area contributed by atoms with Crippen LogP contribution in [0.5, 0.6) is 11.5 Å². The van der Waals surface area contributed by atoms with Gasteiger partial charge in [0.1, 0.15) is 0 Å². The summed E-state index contributed by atoms with van der Waals surface area (Å²) >= 11 is 5.61. The number of hydrogen-bond donors (Lipinski definition) is 0. The lowest BCUT2D eigenvalue weighted by Crippen LogP contribution is -2.13. The van der Waals surface area contributed by atoms with E-state index in [1.54, 1.807) is 24.3 Å². The number of hydrogen-bond acceptors (Lipinski definition) is 5. The second-order valence-electron chi connectivity index (χ2n) is 5.66. The minimum Gasteiger partial charge on any atom is -0.493 e. The van der Waals surface area contributed by atoms with E-state index in [0.29, 0.717) is 18.1 Å². The third-order valence-corrected chi connectivity index (χ3v) is 3.88. The lowest BCUT2D eigenvalue weighted by molar-refractivity contribution is -0.147. The Bertz CT molecular complexity index is 518. The van der Waals surface area contributed by atoms with Crippen LogP contribution >= 0.6 is 11.6 Å². The second-order valence-corrected chi connectivity index (χ2v) is 6.03. The average Bonchev–Trinajstić information content (AvgIpc) is 2.62. The van der Waals surface area contributed by atoms with Crippen LogP contribution in [0.15, 0.2) is 24.3 Å². The van der Waals surface area contributed by atoms with Crippen molar-refractivity contribution >= 4 is 23.5 Å². The van der Waals surface area contributed by atoms with E-state index in [4.69, 9.17) is 25.8 Å². The largest absolute Gasteiger partial charge is 0.493 e. The number of halogens is 1. The maximum Gasteiger partial charge on any atom is 0.311 e. The van der Waals surface area contributed by atoms with Gasteiger partial charge in [0.15, 0.2) is 11.5 Å². The summed E-state index contributed by atoms with van der Waals surface area (Å²) in [6.07, 6.45) is 6.37. The number of carbonyl (C=O) groups excluding carboxylic acids is 2. The van der Waals surface area contributed by atoms with Crippen LogP contribution in [-0.2, 0) is 14.3 Å². The van der Waals surface area contributed by atoms with Gasteiger partial charge < -0.3 is 14.2 Å². The van der Waals surface area contributed by atoms with Crippen molar-refractivity contribution in [3.8, 4) is 11.5 Å². The predicted octanol–water partition coefficient (Wildman–Crippen LogP) is 4.50.